The Kier molecular flexibility index (Phi) is 1.14. The van der Waals surface area contributed by atoms with Crippen molar-refractivity contribution in [1.82, 2.24) is 5.32 Å². The van der Waals surface area contributed by atoms with E-state index in [9.17, 15) is 9.59 Å². The van der Waals surface area contributed by atoms with E-state index in [1.165, 1.54) is 0 Å². The van der Waals surface area contributed by atoms with E-state index in [-0.39, 0.29) is 23.1 Å². The third-order valence-electron chi connectivity index (χ3n) is 4.45. The first-order valence-electron chi connectivity index (χ1n) is 4.99. The molecule has 0 aromatic rings. The van der Waals surface area contributed by atoms with Gasteiger partial charge in [0.25, 0.3) is 0 Å². The number of amides is 2. The zero-order chi connectivity index (χ0) is 9.22. The van der Waals surface area contributed by atoms with Gasteiger partial charge in [-0.3, -0.25) is 14.9 Å². The number of hydrogen-bond acceptors (Lipinski definition) is 2. The van der Waals surface area contributed by atoms with E-state index < -0.39 is 0 Å². The summed E-state index contributed by atoms with van der Waals surface area (Å²) in [5.41, 5.74) is -0.347. The average Bonchev–Trinajstić information content (AvgIpc) is 2.66. The summed E-state index contributed by atoms with van der Waals surface area (Å²) in [6.07, 6.45) is 3.38. The molecule has 3 nitrogen and oxygen atoms in total. The molecule has 1 N–H and O–H groups in total. The second kappa shape index (κ2) is 1.97. The minimum Gasteiger partial charge on any atom is -0.296 e. The number of carbonyl (C=O) groups excluding carboxylic acids is 2. The highest BCUT2D eigenvalue weighted by molar-refractivity contribution is 6.08. The van der Waals surface area contributed by atoms with Crippen LogP contribution < -0.4 is 5.32 Å². The Bertz CT molecular complexity index is 312. The maximum atomic E-state index is 11.6. The summed E-state index contributed by atoms with van der Waals surface area (Å²) in [6.45, 7) is 1.97. The van der Waals surface area contributed by atoms with Crippen LogP contribution in [0.2, 0.25) is 0 Å². The largest absolute Gasteiger partial charge is 0.296 e. The fraction of sp³-hybridized carbons (Fsp3) is 0.800. The first-order chi connectivity index (χ1) is 6.14. The van der Waals surface area contributed by atoms with Gasteiger partial charge in [-0.2, -0.15) is 0 Å². The topological polar surface area (TPSA) is 46.2 Å². The van der Waals surface area contributed by atoms with Gasteiger partial charge in [0.1, 0.15) is 0 Å². The van der Waals surface area contributed by atoms with Crippen molar-refractivity contribution in [2.24, 2.45) is 23.2 Å². The van der Waals surface area contributed by atoms with E-state index >= 15 is 0 Å². The third kappa shape index (κ3) is 0.640. The summed E-state index contributed by atoms with van der Waals surface area (Å²) in [4.78, 5) is 23.2. The fourth-order valence-electron chi connectivity index (χ4n) is 3.74. The standard InChI is InChI=1S/C10H13NO2/c1-10-6-3-2-5(4-6)7(10)8(12)11-9(10)13/h5-7H,2-4H2,1H3,(H,11,12,13)/t5-,6+,7+,10+/m0/s1. The Morgan fingerprint density at radius 3 is 2.85 bits per heavy atom. The minimum absolute atomic E-state index is 0.00116. The third-order valence-corrected chi connectivity index (χ3v) is 4.45. The molecule has 2 amide bonds. The molecule has 3 fully saturated rings. The molecule has 0 unspecified atom stereocenters. The lowest BCUT2D eigenvalue weighted by Gasteiger charge is -2.30. The number of rotatable bonds is 0. The Hall–Kier alpha value is -0.860. The number of nitrogens with one attached hydrogen (secondary N) is 1. The summed E-state index contributed by atoms with van der Waals surface area (Å²) in [6, 6.07) is 0. The molecule has 2 aliphatic carbocycles. The highest BCUT2D eigenvalue weighted by Gasteiger charge is 2.65. The lowest BCUT2D eigenvalue weighted by atomic mass is 9.69. The van der Waals surface area contributed by atoms with Crippen molar-refractivity contribution in [3.63, 3.8) is 0 Å². The molecular weight excluding hydrogens is 166 g/mol. The van der Waals surface area contributed by atoms with Gasteiger partial charge in [0.15, 0.2) is 0 Å². The zero-order valence-corrected chi connectivity index (χ0v) is 7.67. The first-order valence-corrected chi connectivity index (χ1v) is 4.99. The van der Waals surface area contributed by atoms with Crippen LogP contribution in [0.25, 0.3) is 0 Å². The molecule has 1 heterocycles. The maximum absolute atomic E-state index is 11.6. The van der Waals surface area contributed by atoms with Crippen molar-refractivity contribution in [2.45, 2.75) is 26.2 Å². The number of hydrogen-bond donors (Lipinski definition) is 1. The molecule has 3 aliphatic rings. The molecule has 3 rings (SSSR count). The highest BCUT2D eigenvalue weighted by atomic mass is 16.2. The minimum atomic E-state index is -0.347. The average molecular weight is 179 g/mol. The predicted octanol–water partition coefficient (Wildman–Crippen LogP) is 0.695. The monoisotopic (exact) mass is 179 g/mol. The highest BCUT2D eigenvalue weighted by Crippen LogP contribution is 2.61. The van der Waals surface area contributed by atoms with E-state index in [0.29, 0.717) is 11.8 Å². The lowest BCUT2D eigenvalue weighted by molar-refractivity contribution is -0.130. The van der Waals surface area contributed by atoms with Gasteiger partial charge >= 0.3 is 0 Å². The summed E-state index contributed by atoms with van der Waals surface area (Å²) < 4.78 is 0. The molecule has 2 bridgehead atoms. The van der Waals surface area contributed by atoms with Crippen LogP contribution in [0.15, 0.2) is 0 Å². The van der Waals surface area contributed by atoms with Gasteiger partial charge in [-0.25, -0.2) is 0 Å². The molecule has 0 radical (unpaired) electrons. The second-order valence-corrected chi connectivity index (χ2v) is 4.85. The van der Waals surface area contributed by atoms with Crippen molar-refractivity contribution in [2.75, 3.05) is 0 Å². The van der Waals surface area contributed by atoms with E-state index in [2.05, 4.69) is 5.32 Å². The molecule has 2 saturated carbocycles. The Labute approximate surface area is 76.9 Å². The molecule has 1 aliphatic heterocycles. The van der Waals surface area contributed by atoms with Crippen LogP contribution >= 0.6 is 0 Å². The predicted molar refractivity (Wildman–Crippen MR) is 45.6 cm³/mol. The van der Waals surface area contributed by atoms with Gasteiger partial charge in [0.2, 0.25) is 11.8 Å². The van der Waals surface area contributed by atoms with Gasteiger partial charge in [-0.15, -0.1) is 0 Å². The quantitative estimate of drug-likeness (QED) is 0.556. The molecule has 0 aromatic carbocycles. The van der Waals surface area contributed by atoms with Crippen LogP contribution in [0.5, 0.6) is 0 Å². The lowest BCUT2D eigenvalue weighted by Crippen LogP contribution is -2.37. The zero-order valence-electron chi connectivity index (χ0n) is 7.67. The summed E-state index contributed by atoms with van der Waals surface area (Å²) in [7, 11) is 0. The number of fused-ring (bicyclic) bond motifs is 5. The van der Waals surface area contributed by atoms with Gasteiger partial charge < -0.3 is 0 Å². The summed E-state index contributed by atoms with van der Waals surface area (Å²) in [5.74, 6) is 0.920. The van der Waals surface area contributed by atoms with E-state index in [1.807, 2.05) is 6.92 Å². The van der Waals surface area contributed by atoms with Crippen LogP contribution in [-0.2, 0) is 9.59 Å². The normalized spacial score (nSPS) is 52.5. The van der Waals surface area contributed by atoms with Crippen LogP contribution in [0.3, 0.4) is 0 Å². The molecule has 1 saturated heterocycles. The van der Waals surface area contributed by atoms with E-state index in [4.69, 9.17) is 0 Å². The summed E-state index contributed by atoms with van der Waals surface area (Å²) >= 11 is 0. The second-order valence-electron chi connectivity index (χ2n) is 4.85. The summed E-state index contributed by atoms with van der Waals surface area (Å²) in [5, 5.41) is 2.48. The molecule has 70 valence electrons. The van der Waals surface area contributed by atoms with Gasteiger partial charge in [0, 0.05) is 0 Å². The van der Waals surface area contributed by atoms with E-state index in [0.717, 1.165) is 19.3 Å². The SMILES string of the molecule is C[C@]12C(=O)NC(=O)[C@H]1[C@H]1CC[C@@H]2C1. The Balaban J connectivity index is 2.12. The van der Waals surface area contributed by atoms with Crippen molar-refractivity contribution in [3.8, 4) is 0 Å². The number of imide groups is 1. The van der Waals surface area contributed by atoms with Crippen LogP contribution in [-0.4, -0.2) is 11.8 Å². The van der Waals surface area contributed by atoms with Crippen LogP contribution in [0, 0.1) is 23.2 Å². The molecule has 0 aromatic heterocycles. The van der Waals surface area contributed by atoms with Crippen molar-refractivity contribution >= 4 is 11.8 Å². The molecule has 3 heteroatoms. The Morgan fingerprint density at radius 1 is 1.38 bits per heavy atom. The van der Waals surface area contributed by atoms with Crippen molar-refractivity contribution in [3.05, 3.63) is 0 Å². The van der Waals surface area contributed by atoms with Crippen molar-refractivity contribution < 1.29 is 9.59 Å². The van der Waals surface area contributed by atoms with Crippen LogP contribution in [0.4, 0.5) is 0 Å². The fourth-order valence-corrected chi connectivity index (χ4v) is 3.74. The molecular formula is C10H13NO2. The van der Waals surface area contributed by atoms with Gasteiger partial charge in [-0.05, 0) is 38.0 Å². The first kappa shape index (κ1) is 7.54. The smallest absolute Gasteiger partial charge is 0.233 e. The maximum Gasteiger partial charge on any atom is 0.233 e. The molecule has 4 atom stereocenters. The Morgan fingerprint density at radius 2 is 2.15 bits per heavy atom. The molecule has 0 spiro atoms. The van der Waals surface area contributed by atoms with Crippen molar-refractivity contribution in [1.29, 1.82) is 0 Å². The number of carbonyl (C=O) groups is 2. The van der Waals surface area contributed by atoms with Gasteiger partial charge in [-0.1, -0.05) is 0 Å². The van der Waals surface area contributed by atoms with Gasteiger partial charge in [0.05, 0.1) is 11.3 Å². The van der Waals surface area contributed by atoms with Crippen LogP contribution in [0.1, 0.15) is 26.2 Å². The molecule has 13 heavy (non-hydrogen) atoms. The van der Waals surface area contributed by atoms with E-state index in [1.54, 1.807) is 0 Å².